The van der Waals surface area contributed by atoms with Gasteiger partial charge in [-0.2, -0.15) is 0 Å². The molecule has 0 saturated heterocycles. The minimum atomic E-state index is -0.556. The van der Waals surface area contributed by atoms with Gasteiger partial charge in [0, 0.05) is 0 Å². The SMILES string of the molecule is Cc1cc(C)c([C@@H](C)NC(=O)[C@@H](C)Oc2ccc(C(C)(C)C)cc2)cc1C. The quantitative estimate of drug-likeness (QED) is 0.752. The molecule has 0 fully saturated rings. The van der Waals surface area contributed by atoms with Gasteiger partial charge in [-0.25, -0.2) is 0 Å². The van der Waals surface area contributed by atoms with Crippen molar-refractivity contribution in [1.82, 2.24) is 5.32 Å². The molecule has 0 aliphatic carbocycles. The topological polar surface area (TPSA) is 38.3 Å². The maximum atomic E-state index is 12.6. The molecule has 146 valence electrons. The van der Waals surface area contributed by atoms with E-state index < -0.39 is 6.10 Å². The Morgan fingerprint density at radius 3 is 2.04 bits per heavy atom. The van der Waals surface area contributed by atoms with Gasteiger partial charge in [-0.1, -0.05) is 45.0 Å². The van der Waals surface area contributed by atoms with Crippen LogP contribution in [0.3, 0.4) is 0 Å². The molecule has 0 saturated carbocycles. The van der Waals surface area contributed by atoms with Crippen molar-refractivity contribution in [2.24, 2.45) is 0 Å². The van der Waals surface area contributed by atoms with Gasteiger partial charge in [0.2, 0.25) is 0 Å². The summed E-state index contributed by atoms with van der Waals surface area (Å²) in [5.74, 6) is 0.598. The van der Waals surface area contributed by atoms with E-state index in [9.17, 15) is 4.79 Å². The number of aryl methyl sites for hydroxylation is 3. The summed E-state index contributed by atoms with van der Waals surface area (Å²) in [5, 5.41) is 3.08. The molecule has 27 heavy (non-hydrogen) atoms. The monoisotopic (exact) mass is 367 g/mol. The van der Waals surface area contributed by atoms with Gasteiger partial charge in [0.15, 0.2) is 6.10 Å². The fourth-order valence-electron chi connectivity index (χ4n) is 3.15. The van der Waals surface area contributed by atoms with Crippen molar-refractivity contribution in [1.29, 1.82) is 0 Å². The number of nitrogens with one attached hydrogen (secondary N) is 1. The summed E-state index contributed by atoms with van der Waals surface area (Å²) in [6, 6.07) is 12.2. The number of hydrogen-bond donors (Lipinski definition) is 1. The highest BCUT2D eigenvalue weighted by Crippen LogP contribution is 2.25. The van der Waals surface area contributed by atoms with Crippen molar-refractivity contribution in [2.75, 3.05) is 0 Å². The Labute approximate surface area is 164 Å². The molecule has 0 unspecified atom stereocenters. The second-order valence-corrected chi connectivity index (χ2v) is 8.56. The number of carbonyl (C=O) groups excluding carboxylic acids is 1. The molecule has 0 aromatic heterocycles. The zero-order chi connectivity index (χ0) is 20.4. The normalized spacial score (nSPS) is 13.8. The van der Waals surface area contributed by atoms with Crippen LogP contribution in [0.5, 0.6) is 5.75 Å². The Balaban J connectivity index is 2.02. The number of amides is 1. The lowest BCUT2D eigenvalue weighted by Crippen LogP contribution is -2.38. The first-order valence-corrected chi connectivity index (χ1v) is 9.64. The van der Waals surface area contributed by atoms with Gasteiger partial charge >= 0.3 is 0 Å². The van der Waals surface area contributed by atoms with Gasteiger partial charge in [0.25, 0.3) is 5.91 Å². The summed E-state index contributed by atoms with van der Waals surface area (Å²) in [5.41, 5.74) is 6.18. The number of carbonyl (C=O) groups is 1. The molecule has 3 heteroatoms. The number of rotatable bonds is 5. The largest absolute Gasteiger partial charge is 0.481 e. The molecule has 0 radical (unpaired) electrons. The van der Waals surface area contributed by atoms with Gasteiger partial charge in [-0.3, -0.25) is 4.79 Å². The smallest absolute Gasteiger partial charge is 0.261 e. The average molecular weight is 368 g/mol. The molecule has 2 aromatic carbocycles. The Bertz CT molecular complexity index is 800. The lowest BCUT2D eigenvalue weighted by atomic mass is 9.87. The van der Waals surface area contributed by atoms with E-state index >= 15 is 0 Å². The van der Waals surface area contributed by atoms with Gasteiger partial charge in [-0.15, -0.1) is 0 Å². The van der Waals surface area contributed by atoms with Crippen LogP contribution in [0.1, 0.15) is 68.5 Å². The van der Waals surface area contributed by atoms with Gasteiger partial charge < -0.3 is 10.1 Å². The van der Waals surface area contributed by atoms with E-state index in [2.05, 4.69) is 71.1 Å². The number of hydrogen-bond acceptors (Lipinski definition) is 2. The van der Waals surface area contributed by atoms with Crippen molar-refractivity contribution < 1.29 is 9.53 Å². The summed E-state index contributed by atoms with van der Waals surface area (Å²) in [4.78, 5) is 12.6. The summed E-state index contributed by atoms with van der Waals surface area (Å²) >= 11 is 0. The van der Waals surface area contributed by atoms with E-state index in [4.69, 9.17) is 4.74 Å². The van der Waals surface area contributed by atoms with Crippen molar-refractivity contribution >= 4 is 5.91 Å². The minimum absolute atomic E-state index is 0.0638. The van der Waals surface area contributed by atoms with Crippen LogP contribution in [0, 0.1) is 20.8 Å². The van der Waals surface area contributed by atoms with Crippen molar-refractivity contribution in [3.05, 3.63) is 64.2 Å². The maximum Gasteiger partial charge on any atom is 0.261 e. The highest BCUT2D eigenvalue weighted by molar-refractivity contribution is 5.81. The van der Waals surface area contributed by atoms with Crippen LogP contribution < -0.4 is 10.1 Å². The lowest BCUT2D eigenvalue weighted by molar-refractivity contribution is -0.127. The van der Waals surface area contributed by atoms with Crippen molar-refractivity contribution in [2.45, 2.75) is 73.0 Å². The number of benzene rings is 2. The van der Waals surface area contributed by atoms with Crippen LogP contribution in [0.15, 0.2) is 36.4 Å². The van der Waals surface area contributed by atoms with E-state index in [1.165, 1.54) is 22.3 Å². The van der Waals surface area contributed by atoms with E-state index in [1.807, 2.05) is 19.1 Å². The molecule has 2 atom stereocenters. The van der Waals surface area contributed by atoms with Crippen molar-refractivity contribution in [3.8, 4) is 5.75 Å². The Morgan fingerprint density at radius 1 is 0.926 bits per heavy atom. The lowest BCUT2D eigenvalue weighted by Gasteiger charge is -2.22. The fourth-order valence-corrected chi connectivity index (χ4v) is 3.15. The molecular formula is C24H33NO2. The summed E-state index contributed by atoms with van der Waals surface area (Å²) in [6.07, 6.45) is -0.556. The zero-order valence-electron chi connectivity index (χ0n) is 17.9. The van der Waals surface area contributed by atoms with E-state index in [-0.39, 0.29) is 17.4 Å². The van der Waals surface area contributed by atoms with E-state index in [0.717, 1.165) is 5.56 Å². The van der Waals surface area contributed by atoms with Crippen molar-refractivity contribution in [3.63, 3.8) is 0 Å². The minimum Gasteiger partial charge on any atom is -0.481 e. The molecule has 0 heterocycles. The first kappa shape index (κ1) is 21.0. The summed E-state index contributed by atoms with van der Waals surface area (Å²) in [7, 11) is 0. The first-order chi connectivity index (χ1) is 12.5. The highest BCUT2D eigenvalue weighted by Gasteiger charge is 2.20. The predicted octanol–water partition coefficient (Wildman–Crippen LogP) is 5.55. The molecule has 0 spiro atoms. The molecule has 2 aromatic rings. The highest BCUT2D eigenvalue weighted by atomic mass is 16.5. The van der Waals surface area contributed by atoms with Gasteiger partial charge in [0.05, 0.1) is 6.04 Å². The summed E-state index contributed by atoms with van der Waals surface area (Å²) in [6.45, 7) is 16.6. The Hall–Kier alpha value is -2.29. The average Bonchev–Trinajstić information content (AvgIpc) is 2.57. The van der Waals surface area contributed by atoms with Crippen LogP contribution in [-0.2, 0) is 10.2 Å². The molecule has 1 N–H and O–H groups in total. The number of ether oxygens (including phenoxy) is 1. The molecular weight excluding hydrogens is 334 g/mol. The molecule has 2 rings (SSSR count). The fraction of sp³-hybridized carbons (Fsp3) is 0.458. The third-order valence-electron chi connectivity index (χ3n) is 5.11. The molecule has 3 nitrogen and oxygen atoms in total. The Morgan fingerprint density at radius 2 is 1.48 bits per heavy atom. The first-order valence-electron chi connectivity index (χ1n) is 9.64. The third-order valence-corrected chi connectivity index (χ3v) is 5.11. The molecule has 0 aliphatic rings. The maximum absolute atomic E-state index is 12.6. The van der Waals surface area contributed by atoms with Crippen LogP contribution in [0.4, 0.5) is 0 Å². The predicted molar refractivity (Wildman–Crippen MR) is 112 cm³/mol. The third kappa shape index (κ3) is 5.35. The van der Waals surface area contributed by atoms with E-state index in [0.29, 0.717) is 5.75 Å². The molecule has 0 aliphatic heterocycles. The van der Waals surface area contributed by atoms with Crippen LogP contribution in [-0.4, -0.2) is 12.0 Å². The standard InChI is InChI=1S/C24H33NO2/c1-15-13-17(3)22(14-16(15)2)18(4)25-23(26)19(5)27-21-11-9-20(10-12-21)24(6,7)8/h9-14,18-19H,1-8H3,(H,25,26)/t18-,19-/m1/s1. The Kier molecular flexibility index (Phi) is 6.35. The molecule has 0 bridgehead atoms. The van der Waals surface area contributed by atoms with Gasteiger partial charge in [0.1, 0.15) is 5.75 Å². The molecule has 1 amide bonds. The van der Waals surface area contributed by atoms with Crippen LogP contribution >= 0.6 is 0 Å². The summed E-state index contributed by atoms with van der Waals surface area (Å²) < 4.78 is 5.84. The van der Waals surface area contributed by atoms with Gasteiger partial charge in [-0.05, 0) is 80.0 Å². The second-order valence-electron chi connectivity index (χ2n) is 8.56. The zero-order valence-corrected chi connectivity index (χ0v) is 17.9. The van der Waals surface area contributed by atoms with Crippen LogP contribution in [0.25, 0.3) is 0 Å². The second kappa shape index (κ2) is 8.16. The van der Waals surface area contributed by atoms with Crippen LogP contribution in [0.2, 0.25) is 0 Å². The van der Waals surface area contributed by atoms with E-state index in [1.54, 1.807) is 6.92 Å².